The number of ether oxygens (including phenoxy) is 18. The van der Waals surface area contributed by atoms with Gasteiger partial charge in [0.2, 0.25) is 17.7 Å². The molecule has 0 aromatic rings. The lowest BCUT2D eigenvalue weighted by molar-refractivity contribution is -0.394. The predicted octanol–water partition coefficient (Wildman–Crippen LogP) is -20.7. The van der Waals surface area contributed by atoms with Crippen molar-refractivity contribution in [1.29, 1.82) is 0 Å². The summed E-state index contributed by atoms with van der Waals surface area (Å²) >= 11 is 0. The molecule has 49 atom stereocenters. The van der Waals surface area contributed by atoms with E-state index in [-0.39, 0.29) is 0 Å². The molecule has 0 aromatic carbocycles. The molecule has 0 aromatic heterocycles. The molecule has 9 heterocycles. The number of rotatable bonds is 33. The molecule has 9 fully saturated rings. The average molecular weight is 1730 g/mol. The van der Waals surface area contributed by atoms with Gasteiger partial charge in [-0.2, -0.15) is 0 Å². The van der Waals surface area contributed by atoms with Crippen LogP contribution in [0.4, 0.5) is 0 Å². The lowest BCUT2D eigenvalue weighted by Crippen LogP contribution is -2.71. The smallest absolute Gasteiger partial charge is 0.217 e. The zero-order chi connectivity index (χ0) is 87.2. The molecule has 52 heteroatoms. The Kier molecular flexibility index (Phi) is 36.0. The number of carbonyl (C=O) groups is 3. The fourth-order valence-electron chi connectivity index (χ4n) is 15.0. The Labute approximate surface area is 669 Å². The molecule has 0 saturated carbocycles. The fraction of sp³-hybridized carbons (Fsp3) is 0.955. The van der Waals surface area contributed by atoms with Gasteiger partial charge >= 0.3 is 0 Å². The molecule has 0 radical (unpaired) electrons. The zero-order valence-corrected chi connectivity index (χ0v) is 63.7. The summed E-state index contributed by atoms with van der Waals surface area (Å²) in [5.74, 6) is -2.98. The van der Waals surface area contributed by atoms with Gasteiger partial charge in [0.05, 0.1) is 71.7 Å². The van der Waals surface area contributed by atoms with Crippen LogP contribution in [0.3, 0.4) is 0 Å². The van der Waals surface area contributed by atoms with Crippen molar-refractivity contribution in [2.75, 3.05) is 59.5 Å². The second-order valence-electron chi connectivity index (χ2n) is 30.0. The average Bonchev–Trinajstić information content (AvgIpc) is 0.767. The van der Waals surface area contributed by atoms with Gasteiger partial charge in [-0.3, -0.25) is 14.4 Å². The van der Waals surface area contributed by atoms with Crippen molar-refractivity contribution in [3.63, 3.8) is 0 Å². The number of aliphatic hydroxyl groups is 28. The van der Waals surface area contributed by atoms with Crippen molar-refractivity contribution in [2.24, 2.45) is 0 Å². The molecule has 9 aliphatic heterocycles. The monoisotopic (exact) mass is 1730 g/mol. The Morgan fingerprint density at radius 3 is 1.03 bits per heavy atom. The molecule has 118 heavy (non-hydrogen) atoms. The maximum atomic E-state index is 13.6. The first-order valence-electron chi connectivity index (χ1n) is 37.8. The fourth-order valence-corrected chi connectivity index (χ4v) is 15.0. The summed E-state index contributed by atoms with van der Waals surface area (Å²) in [6, 6.07) is -5.97. The summed E-state index contributed by atoms with van der Waals surface area (Å²) in [6.45, 7) is -5.32. The van der Waals surface area contributed by atoms with Crippen LogP contribution in [0, 0.1) is 0 Å². The molecule has 3 amide bonds. The quantitative estimate of drug-likeness (QED) is 0.0290. The Morgan fingerprint density at radius 1 is 0.288 bits per heavy atom. The number of nitrogens with one attached hydrogen (secondary N) is 3. The highest BCUT2D eigenvalue weighted by molar-refractivity contribution is 5.74. The van der Waals surface area contributed by atoms with Crippen LogP contribution >= 0.6 is 0 Å². The van der Waals surface area contributed by atoms with Gasteiger partial charge in [-0.05, 0) is 13.8 Å². The van der Waals surface area contributed by atoms with Crippen LogP contribution in [0.25, 0.3) is 0 Å². The van der Waals surface area contributed by atoms with Crippen molar-refractivity contribution in [2.45, 2.75) is 335 Å². The van der Waals surface area contributed by atoms with E-state index in [9.17, 15) is 157 Å². The van der Waals surface area contributed by atoms with E-state index in [2.05, 4.69) is 16.0 Å². The van der Waals surface area contributed by atoms with Gasteiger partial charge in [0.15, 0.2) is 56.6 Å². The Bertz CT molecular complexity index is 3090. The second-order valence-corrected chi connectivity index (χ2v) is 30.0. The van der Waals surface area contributed by atoms with Gasteiger partial charge in [-0.25, -0.2) is 0 Å². The first kappa shape index (κ1) is 98.4. The van der Waals surface area contributed by atoms with E-state index in [1.54, 1.807) is 0 Å². The molecule has 0 bridgehead atoms. The molecule has 0 aliphatic carbocycles. The summed E-state index contributed by atoms with van der Waals surface area (Å²) in [5, 5.41) is 316. The van der Waals surface area contributed by atoms with E-state index in [1.807, 2.05) is 0 Å². The van der Waals surface area contributed by atoms with E-state index in [4.69, 9.17) is 85.3 Å². The number of aliphatic hydroxyl groups excluding tert-OH is 28. The van der Waals surface area contributed by atoms with E-state index < -0.39 is 378 Å². The Morgan fingerprint density at radius 2 is 0.593 bits per heavy atom. The normalized spacial score (nSPS) is 48.2. The maximum Gasteiger partial charge on any atom is 0.217 e. The standard InChI is InChI=1S/C66H113N3O49/c1-15-32(83)41(92)45(96)61(102-15)115-54-31(69-19(5)80)58(101-14-28-40(91)56(49(100)65(110-28)111-50(21(82)7-71)34(85)20(81)6-70)117-59-29(67-17(3)78)52(37(88)24(10-74)104-59)113-63-47(98)43(94)35(86)22(8-72)106-63)109-27(13-77)51(54)112-64-48(99)55(39(90)26(12-76)107-64)116-60-30(68-18(4)79)53(38(89)25(11-75)105-60)114-66-57(44(95)36(87)23(9-73)108-66)118-62-46(97)42(93)33(84)16(2)103-62/h15-16,20-66,70-77,81-100H,6-14H2,1-5H3,(H,67,78)(H,68,79)(H,69,80)/t15-,16-,20-,21+,22+,23+,24+,25+,26+,27+,28+,29+,30+,31+,32+,33+,34+,35-,36-,37+,38+,39-,40-,41+,42+,43-,44-,45-,46-,47+,48+,49+,50+,51+,52+,53+,54+,55-,56-,57+,58+,59-,60-,61-,62-,63-,64-,65-,66-/m0/s1. The van der Waals surface area contributed by atoms with Crippen molar-refractivity contribution in [3.8, 4) is 0 Å². The first-order chi connectivity index (χ1) is 55.7. The summed E-state index contributed by atoms with van der Waals surface area (Å²) < 4.78 is 108. The van der Waals surface area contributed by atoms with Gasteiger partial charge in [0.1, 0.15) is 232 Å². The third kappa shape index (κ3) is 21.8. The minimum Gasteiger partial charge on any atom is -0.394 e. The van der Waals surface area contributed by atoms with E-state index >= 15 is 0 Å². The molecule has 9 aliphatic rings. The van der Waals surface area contributed by atoms with Crippen molar-refractivity contribution >= 4 is 17.7 Å². The molecular weight excluding hydrogens is 1620 g/mol. The van der Waals surface area contributed by atoms with Crippen LogP contribution in [0.15, 0.2) is 0 Å². The second kappa shape index (κ2) is 43.2. The highest BCUT2D eigenvalue weighted by atomic mass is 16.8. The summed E-state index contributed by atoms with van der Waals surface area (Å²) in [4.78, 5) is 39.9. The van der Waals surface area contributed by atoms with Gasteiger partial charge in [0, 0.05) is 20.8 Å². The van der Waals surface area contributed by atoms with Crippen LogP contribution in [0.5, 0.6) is 0 Å². The third-order valence-corrected chi connectivity index (χ3v) is 21.6. The first-order valence-corrected chi connectivity index (χ1v) is 37.8. The lowest BCUT2D eigenvalue weighted by Gasteiger charge is -2.52. The molecule has 31 N–H and O–H groups in total. The number of hydrogen-bond donors (Lipinski definition) is 31. The highest BCUT2D eigenvalue weighted by Gasteiger charge is 2.62. The van der Waals surface area contributed by atoms with Gasteiger partial charge in [0.25, 0.3) is 0 Å². The molecule has 0 unspecified atom stereocenters. The number of hydrogen-bond acceptors (Lipinski definition) is 49. The van der Waals surface area contributed by atoms with Crippen LogP contribution in [-0.4, -0.2) is 521 Å². The van der Waals surface area contributed by atoms with Crippen LogP contribution in [-0.2, 0) is 99.6 Å². The van der Waals surface area contributed by atoms with Crippen LogP contribution in [0.2, 0.25) is 0 Å². The molecule has 9 saturated heterocycles. The Hall–Kier alpha value is -3.43. The maximum absolute atomic E-state index is 13.6. The molecule has 0 spiro atoms. The number of amides is 3. The molecular formula is C66H113N3O49. The lowest BCUT2D eigenvalue weighted by atomic mass is 9.93. The van der Waals surface area contributed by atoms with Gasteiger partial charge in [-0.15, -0.1) is 0 Å². The van der Waals surface area contributed by atoms with E-state index in [0.29, 0.717) is 0 Å². The Balaban J connectivity index is 1.05. The summed E-state index contributed by atoms with van der Waals surface area (Å²) in [7, 11) is 0. The minimum absolute atomic E-state index is 0.904. The minimum atomic E-state index is -2.52. The zero-order valence-electron chi connectivity index (χ0n) is 63.7. The van der Waals surface area contributed by atoms with E-state index in [1.165, 1.54) is 13.8 Å². The predicted molar refractivity (Wildman–Crippen MR) is 364 cm³/mol. The van der Waals surface area contributed by atoms with Crippen molar-refractivity contribution in [3.05, 3.63) is 0 Å². The number of carbonyl (C=O) groups excluding carboxylic acids is 3. The van der Waals surface area contributed by atoms with Crippen LogP contribution in [0.1, 0.15) is 34.6 Å². The van der Waals surface area contributed by atoms with Gasteiger partial charge < -0.3 is 244 Å². The third-order valence-electron chi connectivity index (χ3n) is 21.6. The molecule has 686 valence electrons. The summed E-state index contributed by atoms with van der Waals surface area (Å²) in [6.07, 6.45) is -96.2. The molecule has 9 rings (SSSR count). The van der Waals surface area contributed by atoms with Gasteiger partial charge in [-0.1, -0.05) is 0 Å². The SMILES string of the molecule is CC(=O)N[C@H]1[C@H](OC[C@H]2O[C@@H](O[C@@H]([C@H](O)[C@@H](O)CO)[C@H](O)CO)[C@H](O)[C@@H](O[C@@H]3O[C@H](CO)[C@@H](O)[C@H](O[C@@H]4O[C@H](CO)[C@H](O)[C@H](O)[C@H]4O)[C@H]3NC(C)=O)[C@H]2O)O[C@H](CO)[C@@H](O[C@@H]2O[C@H](CO)[C@H](O)[C@H](O[C@@H]3O[C@H](CO)[C@@H](O)[C@H](O[C@@H]4O[C@H](CO)[C@H](O)[C@H](O)[C@H]4O[C@@H]4O[C@@H](C)[C@@H](O)[C@@H](O)[C@@H]4O)[C@H]3NC(C)=O)[C@H]2O)[C@@H]1O[C@@H]1O[C@@H](C)[C@@H](O)[C@@H](O)[C@@H]1O. The topological polar surface area (TPSA) is 820 Å². The van der Waals surface area contributed by atoms with E-state index in [0.717, 1.165) is 20.8 Å². The molecule has 52 nitrogen and oxygen atoms in total. The summed E-state index contributed by atoms with van der Waals surface area (Å²) in [5.41, 5.74) is 0. The van der Waals surface area contributed by atoms with Crippen molar-refractivity contribution < 1.29 is 243 Å². The largest absolute Gasteiger partial charge is 0.394 e. The van der Waals surface area contributed by atoms with Crippen molar-refractivity contribution in [1.82, 2.24) is 16.0 Å². The van der Waals surface area contributed by atoms with Crippen LogP contribution < -0.4 is 16.0 Å². The highest BCUT2D eigenvalue weighted by Crippen LogP contribution is 2.41.